The molecule has 0 aromatic carbocycles. The first-order valence-electron chi connectivity index (χ1n) is 7.00. The summed E-state index contributed by atoms with van der Waals surface area (Å²) >= 11 is 5.94. The number of hydrogen-bond donors (Lipinski definition) is 0. The molecule has 0 fully saturated rings. The van der Waals surface area contributed by atoms with Crippen molar-refractivity contribution in [2.24, 2.45) is 0 Å². The summed E-state index contributed by atoms with van der Waals surface area (Å²) in [6.07, 6.45) is 6.22. The van der Waals surface area contributed by atoms with E-state index in [4.69, 9.17) is 16.6 Å². The van der Waals surface area contributed by atoms with Crippen LogP contribution in [0.15, 0.2) is 36.8 Å². The van der Waals surface area contributed by atoms with Crippen molar-refractivity contribution in [1.82, 2.24) is 19.5 Å². The molecule has 3 rings (SSSR count). The number of pyridine rings is 2. The highest BCUT2D eigenvalue weighted by Crippen LogP contribution is 2.26. The fourth-order valence-electron chi connectivity index (χ4n) is 2.60. The van der Waals surface area contributed by atoms with Crippen molar-refractivity contribution >= 4 is 22.8 Å². The molecule has 21 heavy (non-hydrogen) atoms. The Morgan fingerprint density at radius 3 is 2.86 bits per heavy atom. The minimum atomic E-state index is 0.121. The second-order valence-corrected chi connectivity index (χ2v) is 5.48. The van der Waals surface area contributed by atoms with Gasteiger partial charge in [-0.3, -0.25) is 4.98 Å². The highest BCUT2D eigenvalue weighted by atomic mass is 35.5. The Morgan fingerprint density at radius 2 is 2.14 bits per heavy atom. The first-order valence-corrected chi connectivity index (χ1v) is 7.54. The molecular weight excluding hydrogens is 284 g/mol. The summed E-state index contributed by atoms with van der Waals surface area (Å²) in [5.74, 6) is 1.51. The van der Waals surface area contributed by atoms with Gasteiger partial charge >= 0.3 is 0 Å². The van der Waals surface area contributed by atoms with E-state index >= 15 is 0 Å². The second kappa shape index (κ2) is 5.82. The Balaban J connectivity index is 2.20. The van der Waals surface area contributed by atoms with Crippen LogP contribution in [-0.4, -0.2) is 25.4 Å². The molecule has 0 aliphatic carbocycles. The van der Waals surface area contributed by atoms with Crippen LogP contribution in [0, 0.1) is 6.92 Å². The van der Waals surface area contributed by atoms with Crippen molar-refractivity contribution in [3.63, 3.8) is 0 Å². The van der Waals surface area contributed by atoms with Gasteiger partial charge in [-0.25, -0.2) is 9.97 Å². The first-order chi connectivity index (χ1) is 10.2. The molecule has 0 saturated carbocycles. The monoisotopic (exact) mass is 300 g/mol. The van der Waals surface area contributed by atoms with Gasteiger partial charge in [-0.05, 0) is 37.1 Å². The van der Waals surface area contributed by atoms with E-state index in [-0.39, 0.29) is 6.04 Å². The maximum absolute atomic E-state index is 5.94. The molecular formula is C16H17ClN4. The Morgan fingerprint density at radius 1 is 1.29 bits per heavy atom. The molecule has 0 bridgehead atoms. The van der Waals surface area contributed by atoms with Crippen LogP contribution in [0.4, 0.5) is 0 Å². The van der Waals surface area contributed by atoms with Crippen LogP contribution in [-0.2, 0) is 6.42 Å². The number of imidazole rings is 1. The summed E-state index contributed by atoms with van der Waals surface area (Å²) < 4.78 is 2.17. The smallest absolute Gasteiger partial charge is 0.160 e. The number of alkyl halides is 1. The molecule has 3 aromatic heterocycles. The zero-order valence-corrected chi connectivity index (χ0v) is 12.9. The lowest BCUT2D eigenvalue weighted by molar-refractivity contribution is 0.617. The number of rotatable bonds is 4. The van der Waals surface area contributed by atoms with Crippen molar-refractivity contribution in [2.75, 3.05) is 5.88 Å². The average molecular weight is 301 g/mol. The van der Waals surface area contributed by atoms with Crippen LogP contribution in [0.25, 0.3) is 11.2 Å². The van der Waals surface area contributed by atoms with Crippen LogP contribution >= 0.6 is 11.6 Å². The Kier molecular flexibility index (Phi) is 3.88. The van der Waals surface area contributed by atoms with E-state index in [0.29, 0.717) is 5.88 Å². The van der Waals surface area contributed by atoms with E-state index < -0.39 is 0 Å². The largest absolute Gasteiger partial charge is 0.305 e. The minimum Gasteiger partial charge on any atom is -0.305 e. The van der Waals surface area contributed by atoms with Gasteiger partial charge in [0, 0.05) is 30.9 Å². The molecule has 0 amide bonds. The summed E-state index contributed by atoms with van der Waals surface area (Å²) in [7, 11) is 0. The molecule has 0 aliphatic heterocycles. The molecule has 3 heterocycles. The lowest BCUT2D eigenvalue weighted by atomic mass is 10.1. The van der Waals surface area contributed by atoms with E-state index in [0.717, 1.165) is 34.5 Å². The number of nitrogens with zero attached hydrogens (tertiary/aromatic N) is 4. The molecule has 0 radical (unpaired) electrons. The first kappa shape index (κ1) is 14.0. The van der Waals surface area contributed by atoms with Gasteiger partial charge < -0.3 is 4.57 Å². The van der Waals surface area contributed by atoms with Crippen LogP contribution in [0.1, 0.15) is 29.9 Å². The van der Waals surface area contributed by atoms with Crippen molar-refractivity contribution in [3.8, 4) is 0 Å². The average Bonchev–Trinajstić information content (AvgIpc) is 2.87. The second-order valence-electron chi connectivity index (χ2n) is 5.10. The zero-order chi connectivity index (χ0) is 14.8. The van der Waals surface area contributed by atoms with Gasteiger partial charge in [0.05, 0.1) is 6.04 Å². The normalized spacial score (nSPS) is 12.7. The van der Waals surface area contributed by atoms with Gasteiger partial charge in [0.2, 0.25) is 0 Å². The maximum atomic E-state index is 5.94. The summed E-state index contributed by atoms with van der Waals surface area (Å²) in [5.41, 5.74) is 4.13. The predicted octanol–water partition coefficient (Wildman–Crippen LogP) is 3.53. The van der Waals surface area contributed by atoms with Crippen LogP contribution in [0.3, 0.4) is 0 Å². The fourth-order valence-corrected chi connectivity index (χ4v) is 2.76. The zero-order valence-electron chi connectivity index (χ0n) is 12.1. The third-order valence-electron chi connectivity index (χ3n) is 3.73. The fraction of sp³-hybridized carbons (Fsp3) is 0.312. The minimum absolute atomic E-state index is 0.121. The third-order valence-corrected chi connectivity index (χ3v) is 3.92. The standard InChI is InChI=1S/C16H17ClN4/c1-11-6-9-19-16-15(11)20-14(5-7-17)21(16)12(2)13-4-3-8-18-10-13/h3-4,6,8-10,12H,5,7H2,1-2H3. The Labute approximate surface area is 128 Å². The maximum Gasteiger partial charge on any atom is 0.160 e. The quantitative estimate of drug-likeness (QED) is 0.692. The van der Waals surface area contributed by atoms with Gasteiger partial charge in [0.15, 0.2) is 5.65 Å². The molecule has 0 saturated heterocycles. The van der Waals surface area contributed by atoms with Crippen molar-refractivity contribution in [1.29, 1.82) is 0 Å². The summed E-state index contributed by atoms with van der Waals surface area (Å²) in [6, 6.07) is 6.13. The van der Waals surface area contributed by atoms with Gasteiger partial charge in [-0.15, -0.1) is 11.6 Å². The molecule has 1 unspecified atom stereocenters. The lowest BCUT2D eigenvalue weighted by Gasteiger charge is -2.17. The Hall–Kier alpha value is -1.94. The van der Waals surface area contributed by atoms with E-state index in [1.54, 1.807) is 6.20 Å². The molecule has 0 spiro atoms. The highest BCUT2D eigenvalue weighted by molar-refractivity contribution is 6.17. The van der Waals surface area contributed by atoms with Crippen molar-refractivity contribution < 1.29 is 0 Å². The van der Waals surface area contributed by atoms with Gasteiger partial charge in [-0.2, -0.15) is 0 Å². The van der Waals surface area contributed by atoms with Crippen LogP contribution in [0.2, 0.25) is 0 Å². The third kappa shape index (κ3) is 2.51. The molecule has 4 nitrogen and oxygen atoms in total. The van der Waals surface area contributed by atoms with E-state index in [1.807, 2.05) is 24.5 Å². The predicted molar refractivity (Wildman–Crippen MR) is 84.7 cm³/mol. The van der Waals surface area contributed by atoms with E-state index in [9.17, 15) is 0 Å². The van der Waals surface area contributed by atoms with Gasteiger partial charge in [0.25, 0.3) is 0 Å². The SMILES string of the molecule is Cc1ccnc2c1nc(CCCl)n2C(C)c1cccnc1. The number of aryl methyl sites for hydroxylation is 2. The molecule has 0 N–H and O–H groups in total. The number of aromatic nitrogens is 4. The molecule has 1 atom stereocenters. The molecule has 3 aromatic rings. The molecule has 0 aliphatic rings. The van der Waals surface area contributed by atoms with Gasteiger partial charge in [0.1, 0.15) is 11.3 Å². The number of hydrogen-bond acceptors (Lipinski definition) is 3. The van der Waals surface area contributed by atoms with Gasteiger partial charge in [-0.1, -0.05) is 6.07 Å². The van der Waals surface area contributed by atoms with Crippen LogP contribution in [0.5, 0.6) is 0 Å². The summed E-state index contributed by atoms with van der Waals surface area (Å²) in [6.45, 7) is 4.19. The molecule has 5 heteroatoms. The number of fused-ring (bicyclic) bond motifs is 1. The van der Waals surface area contributed by atoms with Crippen LogP contribution < -0.4 is 0 Å². The summed E-state index contributed by atoms with van der Waals surface area (Å²) in [5, 5.41) is 0. The van der Waals surface area contributed by atoms with E-state index in [1.165, 1.54) is 0 Å². The highest BCUT2D eigenvalue weighted by Gasteiger charge is 2.18. The van der Waals surface area contributed by atoms with Crippen molar-refractivity contribution in [3.05, 3.63) is 53.7 Å². The lowest BCUT2D eigenvalue weighted by Crippen LogP contribution is -2.12. The summed E-state index contributed by atoms with van der Waals surface area (Å²) in [4.78, 5) is 13.5. The van der Waals surface area contributed by atoms with E-state index in [2.05, 4.69) is 34.4 Å². The Bertz CT molecular complexity index is 752. The molecule has 108 valence electrons. The van der Waals surface area contributed by atoms with Crippen molar-refractivity contribution in [2.45, 2.75) is 26.3 Å². The number of halogens is 1. The topological polar surface area (TPSA) is 43.6 Å².